The number of rotatable bonds is 4. The van der Waals surface area contributed by atoms with Gasteiger partial charge in [-0.15, -0.1) is 0 Å². The molecule has 1 aromatic rings. The molecular formula is C14H18FNO2. The molecule has 2 rings (SSSR count). The number of fused-ring (bicyclic) bond motifs is 1. The van der Waals surface area contributed by atoms with Crippen molar-refractivity contribution in [3.8, 4) is 0 Å². The number of carboxylic acids is 1. The van der Waals surface area contributed by atoms with E-state index in [0.29, 0.717) is 6.54 Å². The van der Waals surface area contributed by atoms with Crippen molar-refractivity contribution in [2.24, 2.45) is 5.92 Å². The first-order valence-electron chi connectivity index (χ1n) is 6.20. The van der Waals surface area contributed by atoms with Crippen molar-refractivity contribution in [1.82, 2.24) is 4.90 Å². The molecule has 98 valence electrons. The largest absolute Gasteiger partial charge is 0.481 e. The topological polar surface area (TPSA) is 40.5 Å². The van der Waals surface area contributed by atoms with E-state index in [0.717, 1.165) is 24.0 Å². The van der Waals surface area contributed by atoms with Gasteiger partial charge in [-0.25, -0.2) is 4.39 Å². The first kappa shape index (κ1) is 13.0. The van der Waals surface area contributed by atoms with Crippen LogP contribution in [-0.4, -0.2) is 29.6 Å². The van der Waals surface area contributed by atoms with Gasteiger partial charge in [-0.3, -0.25) is 9.69 Å². The molecule has 1 aliphatic rings. The number of benzene rings is 1. The van der Waals surface area contributed by atoms with Crippen molar-refractivity contribution in [1.29, 1.82) is 0 Å². The maximum atomic E-state index is 13.1. The summed E-state index contributed by atoms with van der Waals surface area (Å²) in [5.41, 5.74) is 2.19. The lowest BCUT2D eigenvalue weighted by molar-refractivity contribution is -0.141. The molecule has 1 N–H and O–H groups in total. The molecule has 0 spiro atoms. The highest BCUT2D eigenvalue weighted by atomic mass is 19.1. The van der Waals surface area contributed by atoms with Gasteiger partial charge in [-0.2, -0.15) is 0 Å². The van der Waals surface area contributed by atoms with Crippen LogP contribution in [0.5, 0.6) is 0 Å². The van der Waals surface area contributed by atoms with Crippen LogP contribution in [-0.2, 0) is 11.2 Å². The number of carboxylic acid groups (broad SMARTS) is 1. The van der Waals surface area contributed by atoms with Crippen LogP contribution in [0.4, 0.5) is 4.39 Å². The Balaban J connectivity index is 2.11. The predicted octanol–water partition coefficient (Wildman–Crippen LogP) is 2.47. The van der Waals surface area contributed by atoms with E-state index in [9.17, 15) is 9.18 Å². The van der Waals surface area contributed by atoms with Crippen molar-refractivity contribution >= 4 is 5.97 Å². The Kier molecular flexibility index (Phi) is 3.66. The third kappa shape index (κ3) is 2.53. The Morgan fingerprint density at radius 3 is 3.00 bits per heavy atom. The molecule has 2 atom stereocenters. The van der Waals surface area contributed by atoms with E-state index in [2.05, 4.69) is 4.90 Å². The molecule has 1 aliphatic carbocycles. The van der Waals surface area contributed by atoms with Gasteiger partial charge in [0.05, 0.1) is 5.92 Å². The lowest BCUT2D eigenvalue weighted by Crippen LogP contribution is -2.31. The molecule has 0 amide bonds. The van der Waals surface area contributed by atoms with Crippen LogP contribution in [0.25, 0.3) is 0 Å². The number of aryl methyl sites for hydroxylation is 1. The predicted molar refractivity (Wildman–Crippen MR) is 66.9 cm³/mol. The van der Waals surface area contributed by atoms with Gasteiger partial charge in [0, 0.05) is 12.6 Å². The SMILES string of the molecule is CC(CN(C)C1CCc2cc(F)ccc21)C(=O)O. The molecule has 0 fully saturated rings. The van der Waals surface area contributed by atoms with Gasteiger partial charge in [0.25, 0.3) is 0 Å². The molecule has 1 aromatic carbocycles. The van der Waals surface area contributed by atoms with E-state index in [1.165, 1.54) is 6.07 Å². The fourth-order valence-corrected chi connectivity index (χ4v) is 2.66. The van der Waals surface area contributed by atoms with E-state index in [4.69, 9.17) is 5.11 Å². The highest BCUT2D eigenvalue weighted by molar-refractivity contribution is 5.69. The maximum absolute atomic E-state index is 13.1. The summed E-state index contributed by atoms with van der Waals surface area (Å²) in [4.78, 5) is 12.9. The van der Waals surface area contributed by atoms with Crippen LogP contribution in [0, 0.1) is 11.7 Å². The molecule has 3 nitrogen and oxygen atoms in total. The normalized spacial score (nSPS) is 19.9. The second kappa shape index (κ2) is 5.06. The molecule has 0 aliphatic heterocycles. The fraction of sp³-hybridized carbons (Fsp3) is 0.500. The van der Waals surface area contributed by atoms with Crippen LogP contribution < -0.4 is 0 Å². The van der Waals surface area contributed by atoms with E-state index >= 15 is 0 Å². The van der Waals surface area contributed by atoms with Crippen LogP contribution in [0.1, 0.15) is 30.5 Å². The van der Waals surface area contributed by atoms with Crippen LogP contribution in [0.15, 0.2) is 18.2 Å². The number of nitrogens with zero attached hydrogens (tertiary/aromatic N) is 1. The quantitative estimate of drug-likeness (QED) is 0.893. The highest BCUT2D eigenvalue weighted by Crippen LogP contribution is 2.35. The van der Waals surface area contributed by atoms with Crippen LogP contribution >= 0.6 is 0 Å². The van der Waals surface area contributed by atoms with Crippen LogP contribution in [0.3, 0.4) is 0 Å². The zero-order valence-electron chi connectivity index (χ0n) is 10.7. The third-order valence-corrected chi connectivity index (χ3v) is 3.67. The van der Waals surface area contributed by atoms with Gasteiger partial charge in [-0.05, 0) is 43.1 Å². The van der Waals surface area contributed by atoms with E-state index in [1.54, 1.807) is 13.0 Å². The van der Waals surface area contributed by atoms with Crippen molar-refractivity contribution < 1.29 is 14.3 Å². The summed E-state index contributed by atoms with van der Waals surface area (Å²) in [7, 11) is 1.93. The Morgan fingerprint density at radius 2 is 2.33 bits per heavy atom. The molecule has 0 radical (unpaired) electrons. The lowest BCUT2D eigenvalue weighted by atomic mass is 10.1. The average molecular weight is 251 g/mol. The molecule has 0 aromatic heterocycles. The van der Waals surface area contributed by atoms with E-state index in [-0.39, 0.29) is 17.8 Å². The van der Waals surface area contributed by atoms with Crippen molar-refractivity contribution in [3.05, 3.63) is 35.1 Å². The Morgan fingerprint density at radius 1 is 1.61 bits per heavy atom. The van der Waals surface area contributed by atoms with Crippen molar-refractivity contribution in [2.75, 3.05) is 13.6 Å². The van der Waals surface area contributed by atoms with Gasteiger partial charge in [0.2, 0.25) is 0 Å². The number of hydrogen-bond acceptors (Lipinski definition) is 2. The zero-order valence-corrected chi connectivity index (χ0v) is 10.7. The standard InChI is InChI=1S/C14H18FNO2/c1-9(14(17)18)8-16(2)13-6-3-10-7-11(15)4-5-12(10)13/h4-5,7,9,13H,3,6,8H2,1-2H3,(H,17,18). The molecule has 4 heteroatoms. The van der Waals surface area contributed by atoms with E-state index < -0.39 is 5.97 Å². The minimum absolute atomic E-state index is 0.198. The molecule has 0 saturated carbocycles. The summed E-state index contributed by atoms with van der Waals surface area (Å²) in [5.74, 6) is -1.37. The van der Waals surface area contributed by atoms with Gasteiger partial charge >= 0.3 is 5.97 Å². The summed E-state index contributed by atoms with van der Waals surface area (Å²) >= 11 is 0. The minimum Gasteiger partial charge on any atom is -0.481 e. The monoisotopic (exact) mass is 251 g/mol. The van der Waals surface area contributed by atoms with Gasteiger partial charge in [-0.1, -0.05) is 13.0 Å². The van der Waals surface area contributed by atoms with Gasteiger partial charge < -0.3 is 5.11 Å². The molecule has 0 saturated heterocycles. The Bertz CT molecular complexity index is 461. The minimum atomic E-state index is -0.779. The first-order chi connectivity index (χ1) is 8.49. The second-order valence-electron chi connectivity index (χ2n) is 5.08. The highest BCUT2D eigenvalue weighted by Gasteiger charge is 2.27. The fourth-order valence-electron chi connectivity index (χ4n) is 2.66. The number of aliphatic carboxylic acids is 1. The van der Waals surface area contributed by atoms with Crippen molar-refractivity contribution in [2.45, 2.75) is 25.8 Å². The van der Waals surface area contributed by atoms with E-state index in [1.807, 2.05) is 13.1 Å². The van der Waals surface area contributed by atoms with Crippen molar-refractivity contribution in [3.63, 3.8) is 0 Å². The number of hydrogen-bond donors (Lipinski definition) is 1. The van der Waals surface area contributed by atoms with Crippen LogP contribution in [0.2, 0.25) is 0 Å². The molecule has 0 bridgehead atoms. The molecule has 0 heterocycles. The number of carbonyl (C=O) groups is 1. The number of halogens is 1. The Labute approximate surface area is 106 Å². The molecule has 2 unspecified atom stereocenters. The van der Waals surface area contributed by atoms with Gasteiger partial charge in [0.1, 0.15) is 5.82 Å². The Hall–Kier alpha value is -1.42. The summed E-state index contributed by atoms with van der Waals surface area (Å²) in [6, 6.07) is 5.10. The average Bonchev–Trinajstić information content (AvgIpc) is 2.71. The molecular weight excluding hydrogens is 233 g/mol. The smallest absolute Gasteiger partial charge is 0.307 e. The third-order valence-electron chi connectivity index (χ3n) is 3.67. The summed E-state index contributed by atoms with van der Waals surface area (Å²) in [5, 5.41) is 8.93. The first-order valence-corrected chi connectivity index (χ1v) is 6.20. The molecule has 18 heavy (non-hydrogen) atoms. The maximum Gasteiger partial charge on any atom is 0.307 e. The summed E-state index contributed by atoms with van der Waals surface area (Å²) in [6.07, 6.45) is 1.80. The summed E-state index contributed by atoms with van der Waals surface area (Å²) < 4.78 is 13.1. The lowest BCUT2D eigenvalue weighted by Gasteiger charge is -2.26. The zero-order chi connectivity index (χ0) is 13.3. The van der Waals surface area contributed by atoms with Gasteiger partial charge in [0.15, 0.2) is 0 Å². The summed E-state index contributed by atoms with van der Waals surface area (Å²) in [6.45, 7) is 2.22. The second-order valence-corrected chi connectivity index (χ2v) is 5.08.